The SMILES string of the molecule is C=C(C(=O)CC)/C(O)=C(\CC)[C@H](CCO)C1CC(N)C(O)[C@H](C)O1. The van der Waals surface area contributed by atoms with E-state index >= 15 is 0 Å². The molecule has 1 aliphatic heterocycles. The number of carbonyl (C=O) groups excluding carboxylic acids is 1. The minimum Gasteiger partial charge on any atom is -0.507 e. The second-order valence-corrected chi connectivity index (χ2v) is 6.37. The van der Waals surface area contributed by atoms with Gasteiger partial charge in [-0.2, -0.15) is 0 Å². The number of ketones is 1. The van der Waals surface area contributed by atoms with Crippen molar-refractivity contribution in [2.45, 2.75) is 70.8 Å². The molecule has 6 nitrogen and oxygen atoms in total. The fourth-order valence-electron chi connectivity index (χ4n) is 3.29. The number of carbonyl (C=O) groups is 1. The Labute approximate surface area is 144 Å². The lowest BCUT2D eigenvalue weighted by Crippen LogP contribution is -2.53. The van der Waals surface area contributed by atoms with Crippen LogP contribution in [0.2, 0.25) is 0 Å². The van der Waals surface area contributed by atoms with Gasteiger partial charge in [0.15, 0.2) is 5.78 Å². The zero-order valence-electron chi connectivity index (χ0n) is 14.9. The molecule has 24 heavy (non-hydrogen) atoms. The number of aliphatic hydroxyl groups excluding tert-OH is 3. The van der Waals surface area contributed by atoms with Crippen LogP contribution in [0.3, 0.4) is 0 Å². The number of hydrogen-bond acceptors (Lipinski definition) is 6. The van der Waals surface area contributed by atoms with Crippen molar-refractivity contribution < 1.29 is 24.9 Å². The predicted octanol–water partition coefficient (Wildman–Crippen LogP) is 1.61. The van der Waals surface area contributed by atoms with Gasteiger partial charge in [0, 0.05) is 25.0 Å². The van der Waals surface area contributed by atoms with Crippen LogP contribution in [0.5, 0.6) is 0 Å². The molecule has 1 heterocycles. The van der Waals surface area contributed by atoms with E-state index in [1.807, 2.05) is 6.92 Å². The van der Waals surface area contributed by atoms with Gasteiger partial charge in [-0.25, -0.2) is 0 Å². The third-order valence-corrected chi connectivity index (χ3v) is 4.78. The van der Waals surface area contributed by atoms with Crippen LogP contribution in [0.1, 0.15) is 46.5 Å². The molecule has 5 atom stereocenters. The molecule has 0 aromatic rings. The zero-order valence-corrected chi connectivity index (χ0v) is 14.9. The van der Waals surface area contributed by atoms with Crippen LogP contribution in [-0.2, 0) is 9.53 Å². The molecule has 0 aromatic carbocycles. The molecule has 0 radical (unpaired) electrons. The minimum atomic E-state index is -0.740. The summed E-state index contributed by atoms with van der Waals surface area (Å²) in [4.78, 5) is 11.9. The third-order valence-electron chi connectivity index (χ3n) is 4.78. The van der Waals surface area contributed by atoms with Gasteiger partial charge in [0.1, 0.15) is 5.76 Å². The molecule has 0 spiro atoms. The Morgan fingerprint density at radius 1 is 1.38 bits per heavy atom. The third kappa shape index (κ3) is 4.66. The van der Waals surface area contributed by atoms with Crippen molar-refractivity contribution in [2.24, 2.45) is 11.7 Å². The first-order valence-electron chi connectivity index (χ1n) is 8.62. The first kappa shape index (κ1) is 20.8. The van der Waals surface area contributed by atoms with Crippen LogP contribution >= 0.6 is 0 Å². The van der Waals surface area contributed by atoms with Crippen LogP contribution in [0.15, 0.2) is 23.5 Å². The highest BCUT2D eigenvalue weighted by atomic mass is 16.5. The monoisotopic (exact) mass is 341 g/mol. The van der Waals surface area contributed by atoms with E-state index in [1.54, 1.807) is 13.8 Å². The molecule has 1 saturated heterocycles. The molecule has 0 bridgehead atoms. The smallest absolute Gasteiger partial charge is 0.165 e. The van der Waals surface area contributed by atoms with Gasteiger partial charge in [0.05, 0.1) is 23.9 Å². The van der Waals surface area contributed by atoms with Crippen molar-refractivity contribution in [1.29, 1.82) is 0 Å². The Hall–Kier alpha value is -1.21. The summed E-state index contributed by atoms with van der Waals surface area (Å²) in [6, 6.07) is -0.430. The second kappa shape index (κ2) is 9.32. The van der Waals surface area contributed by atoms with Gasteiger partial charge >= 0.3 is 0 Å². The van der Waals surface area contributed by atoms with Crippen molar-refractivity contribution in [3.05, 3.63) is 23.5 Å². The number of nitrogens with two attached hydrogens (primary N) is 1. The molecular formula is C18H31NO5. The molecule has 1 aliphatic rings. The first-order chi connectivity index (χ1) is 11.3. The highest BCUT2D eigenvalue weighted by Gasteiger charge is 2.38. The predicted molar refractivity (Wildman–Crippen MR) is 92.5 cm³/mol. The lowest BCUT2D eigenvalue weighted by Gasteiger charge is -2.40. The molecule has 5 N–H and O–H groups in total. The Morgan fingerprint density at radius 3 is 2.46 bits per heavy atom. The van der Waals surface area contributed by atoms with Gasteiger partial charge in [0.2, 0.25) is 0 Å². The highest BCUT2D eigenvalue weighted by Crippen LogP contribution is 2.34. The molecular weight excluding hydrogens is 310 g/mol. The summed E-state index contributed by atoms with van der Waals surface area (Å²) in [7, 11) is 0. The molecule has 1 fully saturated rings. The Kier molecular flexibility index (Phi) is 8.09. The van der Waals surface area contributed by atoms with Gasteiger partial charge in [0.25, 0.3) is 0 Å². The van der Waals surface area contributed by atoms with E-state index < -0.39 is 18.2 Å². The zero-order chi connectivity index (χ0) is 18.4. The van der Waals surface area contributed by atoms with Crippen LogP contribution in [-0.4, -0.2) is 52.1 Å². The fraction of sp³-hybridized carbons (Fsp3) is 0.722. The summed E-state index contributed by atoms with van der Waals surface area (Å²) in [6.07, 6.45) is 0.0439. The van der Waals surface area contributed by atoms with Crippen LogP contribution < -0.4 is 5.73 Å². The Bertz CT molecular complexity index is 476. The molecule has 6 heteroatoms. The molecule has 0 aromatic heterocycles. The first-order valence-corrected chi connectivity index (χ1v) is 8.62. The number of ether oxygens (including phenoxy) is 1. The van der Waals surface area contributed by atoms with Crippen LogP contribution in [0.25, 0.3) is 0 Å². The summed E-state index contributed by atoms with van der Waals surface area (Å²) in [6.45, 7) is 8.96. The van der Waals surface area contributed by atoms with E-state index in [0.29, 0.717) is 24.8 Å². The molecule has 138 valence electrons. The fourth-order valence-corrected chi connectivity index (χ4v) is 3.29. The average molecular weight is 341 g/mol. The molecule has 1 rings (SSSR count). The maximum Gasteiger partial charge on any atom is 0.165 e. The number of Topliss-reactive ketones (excluding diaryl/α,β-unsaturated/α-hetero) is 1. The van der Waals surface area contributed by atoms with E-state index in [1.165, 1.54) is 0 Å². The van der Waals surface area contributed by atoms with Crippen molar-refractivity contribution in [2.75, 3.05) is 6.61 Å². The quantitative estimate of drug-likeness (QED) is 0.303. The maximum atomic E-state index is 11.9. The van der Waals surface area contributed by atoms with Gasteiger partial charge in [-0.15, -0.1) is 0 Å². The Balaban J connectivity index is 3.16. The normalized spacial score (nSPS) is 29.8. The summed E-state index contributed by atoms with van der Waals surface area (Å²) < 4.78 is 5.88. The Morgan fingerprint density at radius 2 is 2.00 bits per heavy atom. The standard InChI is InChI=1S/C18H31NO5/c1-5-12(17(22)10(3)15(21)6-2)13(7-8-20)16-9-14(19)18(23)11(4)24-16/h11,13-14,16,18,20,22-23H,3,5-9,19H2,1-2,4H3/b17-12-/t11-,13-,14?,16?,18?/m0/s1. The summed E-state index contributed by atoms with van der Waals surface area (Å²) in [5, 5.41) is 29.9. The lowest BCUT2D eigenvalue weighted by atomic mass is 9.81. The van der Waals surface area contributed by atoms with Crippen LogP contribution in [0, 0.1) is 5.92 Å². The van der Waals surface area contributed by atoms with Crippen LogP contribution in [0.4, 0.5) is 0 Å². The van der Waals surface area contributed by atoms with Crippen molar-refractivity contribution in [1.82, 2.24) is 0 Å². The van der Waals surface area contributed by atoms with E-state index in [-0.39, 0.29) is 42.2 Å². The van der Waals surface area contributed by atoms with Gasteiger partial charge in [-0.05, 0) is 31.8 Å². The summed E-state index contributed by atoms with van der Waals surface area (Å²) in [5.41, 5.74) is 6.72. The molecule has 0 aliphatic carbocycles. The van der Waals surface area contributed by atoms with Crippen molar-refractivity contribution >= 4 is 5.78 Å². The number of rotatable bonds is 8. The van der Waals surface area contributed by atoms with Crippen molar-refractivity contribution in [3.8, 4) is 0 Å². The molecule has 0 amide bonds. The highest BCUT2D eigenvalue weighted by molar-refractivity contribution is 5.98. The maximum absolute atomic E-state index is 11.9. The van der Waals surface area contributed by atoms with E-state index in [4.69, 9.17) is 10.5 Å². The van der Waals surface area contributed by atoms with E-state index in [9.17, 15) is 20.1 Å². The van der Waals surface area contributed by atoms with E-state index in [2.05, 4.69) is 6.58 Å². The topological polar surface area (TPSA) is 113 Å². The molecule has 3 unspecified atom stereocenters. The van der Waals surface area contributed by atoms with E-state index in [0.717, 1.165) is 0 Å². The summed E-state index contributed by atoms with van der Waals surface area (Å²) in [5.74, 6) is -0.618. The minimum absolute atomic E-state index is 0.0817. The van der Waals surface area contributed by atoms with Gasteiger partial charge < -0.3 is 25.8 Å². The van der Waals surface area contributed by atoms with Crippen molar-refractivity contribution in [3.63, 3.8) is 0 Å². The number of allylic oxidation sites excluding steroid dienone is 1. The average Bonchev–Trinajstić information content (AvgIpc) is 2.57. The summed E-state index contributed by atoms with van der Waals surface area (Å²) >= 11 is 0. The number of aliphatic hydroxyl groups is 3. The lowest BCUT2D eigenvalue weighted by molar-refractivity contribution is -0.133. The second-order valence-electron chi connectivity index (χ2n) is 6.37. The van der Waals surface area contributed by atoms with Gasteiger partial charge in [-0.1, -0.05) is 20.4 Å². The molecule has 0 saturated carbocycles. The largest absolute Gasteiger partial charge is 0.507 e. The number of hydrogen-bond donors (Lipinski definition) is 4. The van der Waals surface area contributed by atoms with Gasteiger partial charge in [-0.3, -0.25) is 4.79 Å².